The predicted molar refractivity (Wildman–Crippen MR) is 81.4 cm³/mol. The van der Waals surface area contributed by atoms with Crippen LogP contribution >= 0.6 is 11.3 Å². The van der Waals surface area contributed by atoms with Crippen molar-refractivity contribution in [3.05, 3.63) is 16.1 Å². The molecule has 18 heavy (non-hydrogen) atoms. The maximum atomic E-state index is 4.80. The maximum Gasteiger partial charge on any atom is 0.0933 e. The van der Waals surface area contributed by atoms with Gasteiger partial charge < -0.3 is 5.32 Å². The Labute approximate surface area is 116 Å². The van der Waals surface area contributed by atoms with Gasteiger partial charge in [0.15, 0.2) is 0 Å². The lowest BCUT2D eigenvalue weighted by Crippen LogP contribution is -2.29. The first-order chi connectivity index (χ1) is 8.14. The van der Waals surface area contributed by atoms with Crippen molar-refractivity contribution < 1.29 is 0 Å². The van der Waals surface area contributed by atoms with Crippen LogP contribution in [0.3, 0.4) is 0 Å². The van der Waals surface area contributed by atoms with Crippen molar-refractivity contribution >= 4 is 11.3 Å². The summed E-state index contributed by atoms with van der Waals surface area (Å²) in [6.07, 6.45) is 2.24. The number of aromatic nitrogens is 1. The molecule has 2 nitrogen and oxygen atoms in total. The van der Waals surface area contributed by atoms with Crippen LogP contribution in [0.25, 0.3) is 0 Å². The van der Waals surface area contributed by atoms with Gasteiger partial charge in [0.2, 0.25) is 0 Å². The molecule has 0 saturated carbocycles. The maximum absolute atomic E-state index is 4.80. The fraction of sp³-hybridized carbons (Fsp3) is 0.800. The first kappa shape index (κ1) is 15.6. The van der Waals surface area contributed by atoms with Crippen LogP contribution in [0.1, 0.15) is 58.7 Å². The average Bonchev–Trinajstić information content (AvgIpc) is 2.63. The molecule has 0 fully saturated rings. The van der Waals surface area contributed by atoms with E-state index in [0.717, 1.165) is 6.42 Å². The standard InChI is InChI=1S/C15H28N2S/c1-11(16-7)8-15(5,6)9-13-17-12(10-18-13)14(2,3)4/h10-11,16H,8-9H2,1-7H3. The lowest BCUT2D eigenvalue weighted by molar-refractivity contribution is 0.293. The smallest absolute Gasteiger partial charge is 0.0933 e. The first-order valence-corrected chi connectivity index (χ1v) is 7.64. The van der Waals surface area contributed by atoms with E-state index in [1.54, 1.807) is 11.3 Å². The molecule has 1 N–H and O–H groups in total. The Morgan fingerprint density at radius 3 is 2.33 bits per heavy atom. The Morgan fingerprint density at radius 1 is 1.28 bits per heavy atom. The number of hydrogen-bond acceptors (Lipinski definition) is 3. The lowest BCUT2D eigenvalue weighted by atomic mass is 9.83. The van der Waals surface area contributed by atoms with Gasteiger partial charge >= 0.3 is 0 Å². The van der Waals surface area contributed by atoms with Gasteiger partial charge in [-0.1, -0.05) is 34.6 Å². The lowest BCUT2D eigenvalue weighted by Gasteiger charge is -2.27. The van der Waals surface area contributed by atoms with E-state index in [1.807, 2.05) is 7.05 Å². The van der Waals surface area contributed by atoms with Gasteiger partial charge in [-0.3, -0.25) is 0 Å². The molecular formula is C15H28N2S. The Hall–Kier alpha value is -0.410. The largest absolute Gasteiger partial charge is 0.317 e. The molecule has 1 atom stereocenters. The normalized spacial score (nSPS) is 14.8. The third-order valence-electron chi connectivity index (χ3n) is 3.30. The van der Waals surface area contributed by atoms with Gasteiger partial charge in [-0.05, 0) is 25.8 Å². The predicted octanol–water partition coefficient (Wildman–Crippen LogP) is 4.01. The molecule has 1 heterocycles. The van der Waals surface area contributed by atoms with Gasteiger partial charge in [0.25, 0.3) is 0 Å². The van der Waals surface area contributed by atoms with Crippen molar-refractivity contribution in [2.75, 3.05) is 7.05 Å². The van der Waals surface area contributed by atoms with Gasteiger partial charge in [-0.2, -0.15) is 0 Å². The van der Waals surface area contributed by atoms with Crippen molar-refractivity contribution in [2.24, 2.45) is 5.41 Å². The van der Waals surface area contributed by atoms with E-state index < -0.39 is 0 Å². The minimum absolute atomic E-state index is 0.164. The third kappa shape index (κ3) is 4.69. The average molecular weight is 268 g/mol. The Balaban J connectivity index is 2.70. The number of thiazole rings is 1. The Bertz CT molecular complexity index is 374. The molecular weight excluding hydrogens is 240 g/mol. The van der Waals surface area contributed by atoms with Crippen LogP contribution < -0.4 is 5.32 Å². The summed E-state index contributed by atoms with van der Waals surface area (Å²) in [6.45, 7) is 13.6. The monoisotopic (exact) mass is 268 g/mol. The summed E-state index contributed by atoms with van der Waals surface area (Å²) in [6, 6.07) is 0.557. The molecule has 1 aromatic heterocycles. The van der Waals surface area contributed by atoms with E-state index in [0.29, 0.717) is 11.5 Å². The van der Waals surface area contributed by atoms with E-state index in [1.165, 1.54) is 17.1 Å². The van der Waals surface area contributed by atoms with Crippen LogP contribution in [-0.4, -0.2) is 18.1 Å². The van der Waals surface area contributed by atoms with E-state index in [2.05, 4.69) is 52.2 Å². The molecule has 0 aliphatic rings. The summed E-state index contributed by atoms with van der Waals surface area (Å²) in [5.41, 5.74) is 1.69. The highest BCUT2D eigenvalue weighted by molar-refractivity contribution is 7.09. The van der Waals surface area contributed by atoms with Gasteiger partial charge in [0.1, 0.15) is 0 Å². The molecule has 3 heteroatoms. The fourth-order valence-corrected chi connectivity index (χ4v) is 3.43. The van der Waals surface area contributed by atoms with Crippen molar-refractivity contribution in [1.82, 2.24) is 10.3 Å². The topological polar surface area (TPSA) is 24.9 Å². The van der Waals surface area contributed by atoms with E-state index in [4.69, 9.17) is 4.98 Å². The van der Waals surface area contributed by atoms with Gasteiger partial charge in [-0.15, -0.1) is 11.3 Å². The van der Waals surface area contributed by atoms with Crippen molar-refractivity contribution in [3.63, 3.8) is 0 Å². The van der Waals surface area contributed by atoms with Crippen molar-refractivity contribution in [2.45, 2.75) is 65.8 Å². The molecule has 0 aromatic carbocycles. The SMILES string of the molecule is CNC(C)CC(C)(C)Cc1nc(C(C)(C)C)cs1. The summed E-state index contributed by atoms with van der Waals surface area (Å²) in [5.74, 6) is 0. The van der Waals surface area contributed by atoms with Crippen LogP contribution in [0.15, 0.2) is 5.38 Å². The minimum Gasteiger partial charge on any atom is -0.317 e. The molecule has 104 valence electrons. The summed E-state index contributed by atoms with van der Waals surface area (Å²) in [4.78, 5) is 4.80. The van der Waals surface area contributed by atoms with Gasteiger partial charge in [0, 0.05) is 23.3 Å². The van der Waals surface area contributed by atoms with Crippen molar-refractivity contribution in [3.8, 4) is 0 Å². The molecule has 1 rings (SSSR count). The second-order valence-corrected chi connectivity index (χ2v) is 8.05. The number of nitrogens with zero attached hydrogens (tertiary/aromatic N) is 1. The summed E-state index contributed by atoms with van der Waals surface area (Å²) < 4.78 is 0. The summed E-state index contributed by atoms with van der Waals surface area (Å²) in [7, 11) is 2.03. The molecule has 0 radical (unpaired) electrons. The minimum atomic E-state index is 0.164. The summed E-state index contributed by atoms with van der Waals surface area (Å²) in [5, 5.41) is 6.81. The zero-order valence-corrected chi connectivity index (χ0v) is 13.7. The Kier molecular flexibility index (Phi) is 4.96. The molecule has 0 aliphatic heterocycles. The molecule has 1 unspecified atom stereocenters. The zero-order valence-electron chi connectivity index (χ0n) is 12.9. The van der Waals surface area contributed by atoms with Gasteiger partial charge in [0.05, 0.1) is 10.7 Å². The van der Waals surface area contributed by atoms with Gasteiger partial charge in [-0.25, -0.2) is 4.98 Å². The highest BCUT2D eigenvalue weighted by atomic mass is 32.1. The van der Waals surface area contributed by atoms with E-state index in [9.17, 15) is 0 Å². The second kappa shape index (κ2) is 5.70. The number of nitrogens with one attached hydrogen (secondary N) is 1. The zero-order chi connectivity index (χ0) is 14.0. The second-order valence-electron chi connectivity index (χ2n) is 7.11. The van der Waals surface area contributed by atoms with Crippen LogP contribution in [-0.2, 0) is 11.8 Å². The fourth-order valence-electron chi connectivity index (χ4n) is 2.15. The molecule has 1 aromatic rings. The molecule has 0 bridgehead atoms. The van der Waals surface area contributed by atoms with Crippen LogP contribution in [0.2, 0.25) is 0 Å². The molecule has 0 saturated heterocycles. The molecule has 0 amide bonds. The van der Waals surface area contributed by atoms with Crippen LogP contribution in [0.5, 0.6) is 0 Å². The Morgan fingerprint density at radius 2 is 1.89 bits per heavy atom. The highest BCUT2D eigenvalue weighted by Gasteiger charge is 2.24. The number of rotatable bonds is 5. The highest BCUT2D eigenvalue weighted by Crippen LogP contribution is 2.31. The van der Waals surface area contributed by atoms with E-state index >= 15 is 0 Å². The molecule has 0 aliphatic carbocycles. The first-order valence-electron chi connectivity index (χ1n) is 6.76. The van der Waals surface area contributed by atoms with E-state index in [-0.39, 0.29) is 5.41 Å². The van der Waals surface area contributed by atoms with Crippen LogP contribution in [0, 0.1) is 5.41 Å². The third-order valence-corrected chi connectivity index (χ3v) is 4.15. The summed E-state index contributed by atoms with van der Waals surface area (Å²) >= 11 is 1.81. The molecule has 0 spiro atoms. The van der Waals surface area contributed by atoms with Crippen molar-refractivity contribution in [1.29, 1.82) is 0 Å². The quantitative estimate of drug-likeness (QED) is 0.873. The number of hydrogen-bond donors (Lipinski definition) is 1. The van der Waals surface area contributed by atoms with Crippen LogP contribution in [0.4, 0.5) is 0 Å².